The zero-order chi connectivity index (χ0) is 10.1. The molecule has 1 atom stereocenters. The van der Waals surface area contributed by atoms with Gasteiger partial charge in [-0.25, -0.2) is 0 Å². The molecule has 14 heavy (non-hydrogen) atoms. The molecule has 0 aliphatic carbocycles. The molecule has 1 nitrogen and oxygen atoms in total. The van der Waals surface area contributed by atoms with Gasteiger partial charge in [-0.15, -0.1) is 23.5 Å². The highest BCUT2D eigenvalue weighted by Crippen LogP contribution is 2.38. The van der Waals surface area contributed by atoms with Crippen molar-refractivity contribution in [1.82, 2.24) is 0 Å². The Morgan fingerprint density at radius 3 is 3.00 bits per heavy atom. The molecule has 2 rings (SSSR count). The Morgan fingerprint density at radius 2 is 2.29 bits per heavy atom. The predicted octanol–water partition coefficient (Wildman–Crippen LogP) is 3.34. The Balaban J connectivity index is 2.38. The molecule has 76 valence electrons. The summed E-state index contributed by atoms with van der Waals surface area (Å²) in [5.41, 5.74) is 1.38. The summed E-state index contributed by atoms with van der Waals surface area (Å²) in [6, 6.07) is 7.39. The van der Waals surface area contributed by atoms with Gasteiger partial charge in [0.25, 0.3) is 0 Å². The fourth-order valence-electron chi connectivity index (χ4n) is 1.59. The monoisotopic (exact) mass is 225 g/mol. The second-order valence-electron chi connectivity index (χ2n) is 3.60. The first-order valence-electron chi connectivity index (χ1n) is 4.76. The summed E-state index contributed by atoms with van der Waals surface area (Å²) in [7, 11) is 2.18. The van der Waals surface area contributed by atoms with Crippen LogP contribution in [0.15, 0.2) is 28.0 Å². The Morgan fingerprint density at radius 1 is 1.50 bits per heavy atom. The largest absolute Gasteiger partial charge is 0.370 e. The third-order valence-electron chi connectivity index (χ3n) is 2.69. The summed E-state index contributed by atoms with van der Waals surface area (Å²) in [4.78, 5) is 5.16. The summed E-state index contributed by atoms with van der Waals surface area (Å²) < 4.78 is 0. The molecule has 0 saturated carbocycles. The van der Waals surface area contributed by atoms with E-state index in [1.807, 2.05) is 23.5 Å². The first kappa shape index (κ1) is 10.2. The Labute approximate surface area is 94.3 Å². The lowest BCUT2D eigenvalue weighted by Gasteiger charge is -2.33. The van der Waals surface area contributed by atoms with Crippen LogP contribution in [0, 0.1) is 0 Å². The van der Waals surface area contributed by atoms with E-state index >= 15 is 0 Å². The van der Waals surface area contributed by atoms with E-state index in [4.69, 9.17) is 0 Å². The molecule has 1 unspecified atom stereocenters. The maximum atomic E-state index is 2.37. The minimum Gasteiger partial charge on any atom is -0.370 e. The summed E-state index contributed by atoms with van der Waals surface area (Å²) in [6.07, 6.45) is 2.13. The minimum absolute atomic E-state index is 0.646. The molecule has 1 aliphatic rings. The van der Waals surface area contributed by atoms with E-state index in [-0.39, 0.29) is 0 Å². The van der Waals surface area contributed by atoms with Crippen molar-refractivity contribution in [1.29, 1.82) is 0 Å². The van der Waals surface area contributed by atoms with Gasteiger partial charge in [0.15, 0.2) is 0 Å². The fraction of sp³-hybridized carbons (Fsp3) is 0.455. The third-order valence-corrected chi connectivity index (χ3v) is 4.70. The van der Waals surface area contributed by atoms with Gasteiger partial charge < -0.3 is 4.90 Å². The normalized spacial score (nSPS) is 20.8. The number of benzene rings is 1. The summed E-state index contributed by atoms with van der Waals surface area (Å²) in [5, 5.41) is 0. The molecule has 1 aliphatic heterocycles. The lowest BCUT2D eigenvalue weighted by atomic mass is 10.2. The molecule has 0 spiro atoms. The maximum absolute atomic E-state index is 2.37. The van der Waals surface area contributed by atoms with Crippen LogP contribution in [0.25, 0.3) is 0 Å². The van der Waals surface area contributed by atoms with Gasteiger partial charge in [-0.05, 0) is 31.4 Å². The van der Waals surface area contributed by atoms with E-state index in [1.165, 1.54) is 21.2 Å². The highest BCUT2D eigenvalue weighted by Gasteiger charge is 2.20. The predicted molar refractivity (Wildman–Crippen MR) is 66.8 cm³/mol. The van der Waals surface area contributed by atoms with Crippen LogP contribution in [-0.2, 0) is 0 Å². The fourth-order valence-corrected chi connectivity index (χ4v) is 3.32. The van der Waals surface area contributed by atoms with Gasteiger partial charge in [0.1, 0.15) is 0 Å². The van der Waals surface area contributed by atoms with Gasteiger partial charge in [0.05, 0.1) is 5.69 Å². The molecule has 0 aromatic heterocycles. The van der Waals surface area contributed by atoms with Gasteiger partial charge in [-0.3, -0.25) is 0 Å². The van der Waals surface area contributed by atoms with Crippen LogP contribution in [0.4, 0.5) is 5.69 Å². The molecule has 0 bridgehead atoms. The third kappa shape index (κ3) is 1.75. The van der Waals surface area contributed by atoms with Gasteiger partial charge in [-0.2, -0.15) is 0 Å². The van der Waals surface area contributed by atoms with Crippen molar-refractivity contribution in [2.75, 3.05) is 24.0 Å². The second-order valence-corrected chi connectivity index (χ2v) is 5.55. The Kier molecular flexibility index (Phi) is 2.98. The molecule has 0 N–H and O–H groups in total. The van der Waals surface area contributed by atoms with Crippen LogP contribution in [0.5, 0.6) is 0 Å². The molecular formula is C11H15NS2. The number of rotatable bonds is 1. The van der Waals surface area contributed by atoms with Crippen LogP contribution in [0.2, 0.25) is 0 Å². The van der Waals surface area contributed by atoms with E-state index in [1.54, 1.807) is 0 Å². The van der Waals surface area contributed by atoms with Gasteiger partial charge in [-0.1, -0.05) is 0 Å². The number of fused-ring (bicyclic) bond motifs is 1. The highest BCUT2D eigenvalue weighted by atomic mass is 32.2. The van der Waals surface area contributed by atoms with E-state index in [9.17, 15) is 0 Å². The molecule has 1 aromatic rings. The Hall–Kier alpha value is -0.280. The molecule has 0 saturated heterocycles. The van der Waals surface area contributed by atoms with Crippen LogP contribution in [0.1, 0.15) is 6.92 Å². The van der Waals surface area contributed by atoms with Gasteiger partial charge >= 0.3 is 0 Å². The van der Waals surface area contributed by atoms with E-state index in [0.29, 0.717) is 6.04 Å². The molecule has 3 heteroatoms. The van der Waals surface area contributed by atoms with Gasteiger partial charge in [0, 0.05) is 28.6 Å². The van der Waals surface area contributed by atoms with Crippen LogP contribution < -0.4 is 4.90 Å². The number of anilines is 1. The minimum atomic E-state index is 0.646. The number of hydrogen-bond acceptors (Lipinski definition) is 3. The highest BCUT2D eigenvalue weighted by molar-refractivity contribution is 8.00. The van der Waals surface area contributed by atoms with Crippen molar-refractivity contribution in [3.63, 3.8) is 0 Å². The maximum Gasteiger partial charge on any atom is 0.0505 e. The van der Waals surface area contributed by atoms with E-state index < -0.39 is 0 Å². The van der Waals surface area contributed by atoms with Crippen molar-refractivity contribution in [2.45, 2.75) is 22.8 Å². The van der Waals surface area contributed by atoms with Crippen LogP contribution >= 0.6 is 23.5 Å². The first-order valence-corrected chi connectivity index (χ1v) is 6.97. The average Bonchev–Trinajstić information content (AvgIpc) is 2.23. The standard InChI is InChI=1S/C11H15NS2/c1-8-7-14-11-6-9(13-3)4-5-10(11)12(8)2/h4-6,8H,7H2,1-3H3. The van der Waals surface area contributed by atoms with Crippen molar-refractivity contribution >= 4 is 29.2 Å². The first-order chi connectivity index (χ1) is 6.72. The number of hydrogen-bond donors (Lipinski definition) is 0. The lowest BCUT2D eigenvalue weighted by molar-refractivity contribution is 0.747. The quantitative estimate of drug-likeness (QED) is 0.675. The SMILES string of the molecule is CSc1ccc2c(c1)SCC(C)N2C. The van der Waals surface area contributed by atoms with Crippen LogP contribution in [-0.4, -0.2) is 25.1 Å². The van der Waals surface area contributed by atoms with Crippen LogP contribution in [0.3, 0.4) is 0 Å². The molecular weight excluding hydrogens is 210 g/mol. The van der Waals surface area contributed by atoms with Crippen molar-refractivity contribution in [3.05, 3.63) is 18.2 Å². The topological polar surface area (TPSA) is 3.24 Å². The summed E-state index contributed by atoms with van der Waals surface area (Å²) >= 11 is 3.79. The summed E-state index contributed by atoms with van der Waals surface area (Å²) in [6.45, 7) is 2.28. The van der Waals surface area contributed by atoms with Crippen molar-refractivity contribution in [2.24, 2.45) is 0 Å². The average molecular weight is 225 g/mol. The lowest BCUT2D eigenvalue weighted by Crippen LogP contribution is -2.33. The number of nitrogens with zero attached hydrogens (tertiary/aromatic N) is 1. The molecule has 1 heterocycles. The van der Waals surface area contributed by atoms with Gasteiger partial charge in [0.2, 0.25) is 0 Å². The molecule has 0 radical (unpaired) electrons. The second kappa shape index (κ2) is 4.07. The number of thioether (sulfide) groups is 2. The molecule has 1 aromatic carbocycles. The zero-order valence-electron chi connectivity index (χ0n) is 8.78. The summed E-state index contributed by atoms with van der Waals surface area (Å²) in [5.74, 6) is 1.20. The molecule has 0 fully saturated rings. The van der Waals surface area contributed by atoms with E-state index in [2.05, 4.69) is 43.3 Å². The van der Waals surface area contributed by atoms with Crippen molar-refractivity contribution in [3.8, 4) is 0 Å². The Bertz CT molecular complexity index is 338. The zero-order valence-corrected chi connectivity index (χ0v) is 10.4. The van der Waals surface area contributed by atoms with Crippen molar-refractivity contribution < 1.29 is 0 Å². The molecule has 0 amide bonds. The smallest absolute Gasteiger partial charge is 0.0505 e. The van der Waals surface area contributed by atoms with E-state index in [0.717, 1.165) is 0 Å².